The van der Waals surface area contributed by atoms with Gasteiger partial charge in [-0.05, 0) is 99.3 Å². The molecule has 1 heterocycles. The Labute approximate surface area is 298 Å². The number of anilines is 3. The summed E-state index contributed by atoms with van der Waals surface area (Å²) in [6.45, 7) is 4.74. The summed E-state index contributed by atoms with van der Waals surface area (Å²) < 4.78 is 2.46. The lowest BCUT2D eigenvalue weighted by molar-refractivity contribution is 0.645. The molecule has 242 valence electrons. The molecule has 0 atom stereocenters. The summed E-state index contributed by atoms with van der Waals surface area (Å²) in [5, 5.41) is 5.29. The molecule has 0 fully saturated rings. The molecule has 9 aromatic rings. The van der Waals surface area contributed by atoms with E-state index in [1.807, 2.05) is 0 Å². The Bertz CT molecular complexity index is 2700. The highest BCUT2D eigenvalue weighted by atomic mass is 15.1. The van der Waals surface area contributed by atoms with Crippen molar-refractivity contribution < 1.29 is 0 Å². The molecule has 0 aliphatic heterocycles. The second kappa shape index (κ2) is 11.3. The Morgan fingerprint density at radius 1 is 0.451 bits per heavy atom. The van der Waals surface area contributed by atoms with E-state index >= 15 is 0 Å². The Morgan fingerprint density at radius 2 is 1.02 bits per heavy atom. The number of nitrogens with zero attached hydrogens (tertiary/aromatic N) is 2. The summed E-state index contributed by atoms with van der Waals surface area (Å²) in [7, 11) is 0. The van der Waals surface area contributed by atoms with E-state index in [9.17, 15) is 0 Å². The first-order valence-electron chi connectivity index (χ1n) is 17.8. The van der Waals surface area contributed by atoms with Crippen LogP contribution in [0, 0.1) is 0 Å². The van der Waals surface area contributed by atoms with Crippen LogP contribution in [0.5, 0.6) is 0 Å². The van der Waals surface area contributed by atoms with E-state index in [0.29, 0.717) is 0 Å². The fourth-order valence-corrected chi connectivity index (χ4v) is 8.57. The maximum Gasteiger partial charge on any atom is 0.0553 e. The molecule has 0 spiro atoms. The number of rotatable bonds is 5. The molecule has 0 bridgehead atoms. The summed E-state index contributed by atoms with van der Waals surface area (Å²) in [5.74, 6) is 0. The molecule has 2 nitrogen and oxygen atoms in total. The van der Waals surface area contributed by atoms with Crippen LogP contribution in [-0.2, 0) is 5.41 Å². The van der Waals surface area contributed by atoms with Gasteiger partial charge in [-0.2, -0.15) is 0 Å². The van der Waals surface area contributed by atoms with Crippen molar-refractivity contribution >= 4 is 49.6 Å². The van der Waals surface area contributed by atoms with Gasteiger partial charge in [0.1, 0.15) is 0 Å². The van der Waals surface area contributed by atoms with Crippen LogP contribution in [-0.4, -0.2) is 4.57 Å². The smallest absolute Gasteiger partial charge is 0.0553 e. The first kappa shape index (κ1) is 29.5. The summed E-state index contributed by atoms with van der Waals surface area (Å²) in [6.07, 6.45) is 0. The summed E-state index contributed by atoms with van der Waals surface area (Å²) >= 11 is 0. The molecule has 8 aromatic carbocycles. The molecule has 0 N–H and O–H groups in total. The summed E-state index contributed by atoms with van der Waals surface area (Å²) in [5.41, 5.74) is 14.8. The molecule has 2 heteroatoms. The second-order valence-corrected chi connectivity index (χ2v) is 14.2. The SMILES string of the molecule is CC1(C)c2ccccc2-c2c3c1cccc3cc1c2c2ccccc2n1-c1ccc(-c2ccc(N(c3ccccc3)c3ccccc3)cc2)cc1. The highest BCUT2D eigenvalue weighted by Gasteiger charge is 2.35. The Hall–Kier alpha value is -6.38. The number of benzene rings is 8. The standard InChI is InChI=1S/C49H36N2/c1-49(2)42-21-11-9-19-40(42)48-46-35(14-13-22-43(46)49)32-45-47(48)41-20-10-12-23-44(41)51(45)39-30-26-34(27-31-39)33-24-28-38(29-25-33)50(36-15-5-3-6-16-36)37-17-7-4-8-18-37/h3-32H,1-2H3. The fraction of sp³-hybridized carbons (Fsp3) is 0.0612. The third kappa shape index (κ3) is 4.50. The zero-order chi connectivity index (χ0) is 34.1. The average Bonchev–Trinajstić information content (AvgIpc) is 3.51. The van der Waals surface area contributed by atoms with Gasteiger partial charge in [-0.3, -0.25) is 0 Å². The Kier molecular flexibility index (Phi) is 6.56. The largest absolute Gasteiger partial charge is 0.311 e. The van der Waals surface area contributed by atoms with Crippen LogP contribution >= 0.6 is 0 Å². The molecule has 0 amide bonds. The lowest BCUT2D eigenvalue weighted by Gasteiger charge is -2.35. The van der Waals surface area contributed by atoms with Gasteiger partial charge in [-0.15, -0.1) is 0 Å². The quantitative estimate of drug-likeness (QED) is 0.180. The van der Waals surface area contributed by atoms with Crippen molar-refractivity contribution in [2.45, 2.75) is 19.3 Å². The van der Waals surface area contributed by atoms with Crippen molar-refractivity contribution in [3.63, 3.8) is 0 Å². The lowest BCUT2D eigenvalue weighted by atomic mass is 9.68. The van der Waals surface area contributed by atoms with Gasteiger partial charge in [-0.1, -0.05) is 135 Å². The molecule has 0 saturated heterocycles. The maximum absolute atomic E-state index is 2.46. The molecule has 0 radical (unpaired) electrons. The second-order valence-electron chi connectivity index (χ2n) is 14.2. The molecule has 1 aliphatic rings. The van der Waals surface area contributed by atoms with Crippen molar-refractivity contribution in [2.24, 2.45) is 0 Å². The van der Waals surface area contributed by atoms with Crippen molar-refractivity contribution in [1.82, 2.24) is 4.57 Å². The Balaban J connectivity index is 1.10. The molecule has 1 aliphatic carbocycles. The van der Waals surface area contributed by atoms with Crippen molar-refractivity contribution in [3.05, 3.63) is 193 Å². The highest BCUT2D eigenvalue weighted by Crippen LogP contribution is 2.53. The minimum absolute atomic E-state index is 0.0788. The summed E-state index contributed by atoms with van der Waals surface area (Å²) in [4.78, 5) is 2.30. The molecular weight excluding hydrogens is 617 g/mol. The van der Waals surface area contributed by atoms with Crippen LogP contribution in [0.25, 0.3) is 60.5 Å². The van der Waals surface area contributed by atoms with Gasteiger partial charge in [0.2, 0.25) is 0 Å². The van der Waals surface area contributed by atoms with Crippen LogP contribution in [0.3, 0.4) is 0 Å². The van der Waals surface area contributed by atoms with Crippen LogP contribution in [0.15, 0.2) is 182 Å². The van der Waals surface area contributed by atoms with E-state index in [1.54, 1.807) is 0 Å². The predicted octanol–water partition coefficient (Wildman–Crippen LogP) is 13.4. The lowest BCUT2D eigenvalue weighted by Crippen LogP contribution is -2.23. The third-order valence-electron chi connectivity index (χ3n) is 11.0. The van der Waals surface area contributed by atoms with Crippen LogP contribution in [0.2, 0.25) is 0 Å². The van der Waals surface area contributed by atoms with E-state index in [1.165, 1.54) is 66.0 Å². The minimum Gasteiger partial charge on any atom is -0.311 e. The number of hydrogen-bond acceptors (Lipinski definition) is 1. The molecule has 10 rings (SSSR count). The topological polar surface area (TPSA) is 8.17 Å². The number of aromatic nitrogens is 1. The third-order valence-corrected chi connectivity index (χ3v) is 11.0. The van der Waals surface area contributed by atoms with E-state index in [-0.39, 0.29) is 5.41 Å². The van der Waals surface area contributed by atoms with Gasteiger partial charge < -0.3 is 9.47 Å². The fourth-order valence-electron chi connectivity index (χ4n) is 8.57. The normalized spacial score (nSPS) is 13.1. The van der Waals surface area contributed by atoms with Gasteiger partial charge in [0.15, 0.2) is 0 Å². The first-order chi connectivity index (χ1) is 25.1. The molecular formula is C49H36N2. The zero-order valence-corrected chi connectivity index (χ0v) is 28.7. The number of hydrogen-bond donors (Lipinski definition) is 0. The zero-order valence-electron chi connectivity index (χ0n) is 28.7. The van der Waals surface area contributed by atoms with Crippen molar-refractivity contribution in [2.75, 3.05) is 4.90 Å². The molecule has 1 aromatic heterocycles. The first-order valence-corrected chi connectivity index (χ1v) is 17.8. The van der Waals surface area contributed by atoms with Crippen LogP contribution in [0.1, 0.15) is 25.0 Å². The number of para-hydroxylation sites is 3. The molecule has 0 unspecified atom stereocenters. The average molecular weight is 653 g/mol. The maximum atomic E-state index is 2.46. The van der Waals surface area contributed by atoms with Gasteiger partial charge in [0, 0.05) is 44.5 Å². The summed E-state index contributed by atoms with van der Waals surface area (Å²) in [6, 6.07) is 66.3. The van der Waals surface area contributed by atoms with Crippen LogP contribution < -0.4 is 4.90 Å². The van der Waals surface area contributed by atoms with E-state index < -0.39 is 0 Å². The molecule has 51 heavy (non-hydrogen) atoms. The van der Waals surface area contributed by atoms with Gasteiger partial charge in [0.05, 0.1) is 11.0 Å². The molecule has 0 saturated carbocycles. The Morgan fingerprint density at radius 3 is 1.73 bits per heavy atom. The highest BCUT2D eigenvalue weighted by molar-refractivity contribution is 6.24. The van der Waals surface area contributed by atoms with Gasteiger partial charge >= 0.3 is 0 Å². The predicted molar refractivity (Wildman–Crippen MR) is 216 cm³/mol. The van der Waals surface area contributed by atoms with Crippen molar-refractivity contribution in [1.29, 1.82) is 0 Å². The van der Waals surface area contributed by atoms with E-state index in [2.05, 4.69) is 205 Å². The number of fused-ring (bicyclic) bond motifs is 6. The monoisotopic (exact) mass is 652 g/mol. The van der Waals surface area contributed by atoms with Gasteiger partial charge in [-0.25, -0.2) is 0 Å². The van der Waals surface area contributed by atoms with E-state index in [4.69, 9.17) is 0 Å². The minimum atomic E-state index is -0.0788. The van der Waals surface area contributed by atoms with Gasteiger partial charge in [0.25, 0.3) is 0 Å². The van der Waals surface area contributed by atoms with Crippen LogP contribution in [0.4, 0.5) is 17.1 Å². The van der Waals surface area contributed by atoms with E-state index in [0.717, 1.165) is 22.7 Å². The van der Waals surface area contributed by atoms with Crippen molar-refractivity contribution in [3.8, 4) is 27.9 Å².